The zero-order valence-electron chi connectivity index (χ0n) is 13.6. The van der Waals surface area contributed by atoms with Crippen LogP contribution in [0, 0.1) is 11.8 Å². The summed E-state index contributed by atoms with van der Waals surface area (Å²) in [6.07, 6.45) is 1.43. The van der Waals surface area contributed by atoms with E-state index in [0.717, 1.165) is 25.1 Å². The van der Waals surface area contributed by atoms with Gasteiger partial charge in [-0.3, -0.25) is 4.79 Å². The molecule has 0 spiro atoms. The van der Waals surface area contributed by atoms with Crippen LogP contribution in [0.3, 0.4) is 0 Å². The van der Waals surface area contributed by atoms with Gasteiger partial charge in [0.25, 0.3) is 0 Å². The first-order valence-corrected chi connectivity index (χ1v) is 7.84. The molecule has 5 heteroatoms. The fourth-order valence-electron chi connectivity index (χ4n) is 3.08. The fraction of sp³-hybridized carbons (Fsp3) is 0.529. The number of urea groups is 1. The number of para-hydroxylation sites is 1. The number of nitrogens with zero attached hydrogens (tertiary/aromatic N) is 1. The van der Waals surface area contributed by atoms with Gasteiger partial charge in [-0.2, -0.15) is 0 Å². The average Bonchev–Trinajstić information content (AvgIpc) is 2.48. The third-order valence-corrected chi connectivity index (χ3v) is 4.04. The Kier molecular flexibility index (Phi) is 5.41. The normalized spacial score (nSPS) is 21.3. The lowest BCUT2D eigenvalue weighted by atomic mass is 9.92. The quantitative estimate of drug-likeness (QED) is 0.901. The van der Waals surface area contributed by atoms with Crippen LogP contribution >= 0.6 is 0 Å². The number of anilines is 1. The third-order valence-electron chi connectivity index (χ3n) is 4.04. The number of likely N-dealkylation sites (N-methyl/N-ethyl adjacent to an activating group) is 1. The number of benzene rings is 1. The van der Waals surface area contributed by atoms with Gasteiger partial charge in [-0.1, -0.05) is 32.0 Å². The van der Waals surface area contributed by atoms with Gasteiger partial charge in [0.05, 0.1) is 6.42 Å². The van der Waals surface area contributed by atoms with Gasteiger partial charge in [0.2, 0.25) is 5.91 Å². The molecule has 1 aromatic carbocycles. The van der Waals surface area contributed by atoms with E-state index < -0.39 is 0 Å². The Bertz CT molecular complexity index is 534. The Morgan fingerprint density at radius 2 is 1.82 bits per heavy atom. The van der Waals surface area contributed by atoms with Crippen molar-refractivity contribution in [3.05, 3.63) is 29.8 Å². The van der Waals surface area contributed by atoms with Crippen molar-refractivity contribution in [3.8, 4) is 0 Å². The molecule has 0 aliphatic carbocycles. The lowest BCUT2D eigenvalue weighted by Crippen LogP contribution is -2.44. The highest BCUT2D eigenvalue weighted by Crippen LogP contribution is 2.22. The molecule has 22 heavy (non-hydrogen) atoms. The summed E-state index contributed by atoms with van der Waals surface area (Å²) in [6, 6.07) is 7.37. The van der Waals surface area contributed by atoms with Crippen LogP contribution < -0.4 is 10.6 Å². The monoisotopic (exact) mass is 303 g/mol. The average molecular weight is 303 g/mol. The maximum atomic E-state index is 12.5. The van der Waals surface area contributed by atoms with Gasteiger partial charge in [-0.15, -0.1) is 0 Å². The fourth-order valence-corrected chi connectivity index (χ4v) is 3.08. The largest absolute Gasteiger partial charge is 0.359 e. The zero-order valence-corrected chi connectivity index (χ0v) is 13.6. The number of amides is 3. The van der Waals surface area contributed by atoms with Gasteiger partial charge in [0.1, 0.15) is 0 Å². The Balaban J connectivity index is 2.06. The second kappa shape index (κ2) is 7.29. The van der Waals surface area contributed by atoms with Crippen molar-refractivity contribution in [3.63, 3.8) is 0 Å². The van der Waals surface area contributed by atoms with Crippen LogP contribution in [-0.4, -0.2) is 37.0 Å². The van der Waals surface area contributed by atoms with Gasteiger partial charge in [0.15, 0.2) is 0 Å². The van der Waals surface area contributed by atoms with E-state index in [0.29, 0.717) is 17.5 Å². The number of carbonyl (C=O) groups is 2. The number of nitrogens with one attached hydrogen (secondary N) is 2. The first-order chi connectivity index (χ1) is 10.5. The van der Waals surface area contributed by atoms with E-state index in [-0.39, 0.29) is 18.4 Å². The predicted molar refractivity (Wildman–Crippen MR) is 87.7 cm³/mol. The van der Waals surface area contributed by atoms with Crippen molar-refractivity contribution in [2.45, 2.75) is 26.7 Å². The minimum absolute atomic E-state index is 0.0677. The molecule has 0 unspecified atom stereocenters. The molecule has 1 aromatic rings. The molecule has 1 heterocycles. The number of hydrogen-bond donors (Lipinski definition) is 2. The number of likely N-dealkylation sites (tertiary alicyclic amines) is 1. The van der Waals surface area contributed by atoms with E-state index in [2.05, 4.69) is 24.5 Å². The molecule has 0 bridgehead atoms. The Morgan fingerprint density at radius 1 is 1.18 bits per heavy atom. The molecule has 1 fully saturated rings. The van der Waals surface area contributed by atoms with Crippen molar-refractivity contribution in [2.24, 2.45) is 11.8 Å². The summed E-state index contributed by atoms with van der Waals surface area (Å²) in [5.41, 5.74) is 1.54. The summed E-state index contributed by atoms with van der Waals surface area (Å²) in [6.45, 7) is 5.92. The molecule has 2 N–H and O–H groups in total. The number of piperidine rings is 1. The maximum absolute atomic E-state index is 12.5. The van der Waals surface area contributed by atoms with E-state index >= 15 is 0 Å². The summed E-state index contributed by atoms with van der Waals surface area (Å²) in [5.74, 6) is 0.980. The van der Waals surface area contributed by atoms with E-state index in [1.54, 1.807) is 7.05 Å². The van der Waals surface area contributed by atoms with E-state index in [4.69, 9.17) is 0 Å². The van der Waals surface area contributed by atoms with Gasteiger partial charge >= 0.3 is 6.03 Å². The Morgan fingerprint density at radius 3 is 2.45 bits per heavy atom. The standard InChI is InChI=1S/C17H25N3O2/c1-12-8-13(2)11-20(10-12)17(22)19-15-7-5-4-6-14(15)9-16(21)18-3/h4-7,12-13H,8-11H2,1-3H3,(H,18,21)(H,19,22)/t12-,13+. The maximum Gasteiger partial charge on any atom is 0.321 e. The number of carbonyl (C=O) groups excluding carboxylic acids is 2. The van der Waals surface area contributed by atoms with Crippen LogP contribution in [0.25, 0.3) is 0 Å². The van der Waals surface area contributed by atoms with Crippen LogP contribution in [0.1, 0.15) is 25.8 Å². The van der Waals surface area contributed by atoms with Crippen molar-refractivity contribution in [2.75, 3.05) is 25.5 Å². The topological polar surface area (TPSA) is 61.4 Å². The molecule has 1 aliphatic heterocycles. The second-order valence-corrected chi connectivity index (χ2v) is 6.29. The van der Waals surface area contributed by atoms with Crippen molar-refractivity contribution in [1.82, 2.24) is 10.2 Å². The molecule has 120 valence electrons. The van der Waals surface area contributed by atoms with Crippen molar-refractivity contribution in [1.29, 1.82) is 0 Å². The molecule has 1 aliphatic rings. The highest BCUT2D eigenvalue weighted by Gasteiger charge is 2.25. The predicted octanol–water partition coefficient (Wildman–Crippen LogP) is 2.48. The van der Waals surface area contributed by atoms with Crippen LogP contribution in [0.5, 0.6) is 0 Å². The van der Waals surface area contributed by atoms with E-state index in [1.807, 2.05) is 29.2 Å². The summed E-state index contributed by atoms with van der Waals surface area (Å²) < 4.78 is 0. The SMILES string of the molecule is CNC(=O)Cc1ccccc1NC(=O)N1C[C@H](C)C[C@H](C)C1. The summed E-state index contributed by atoms with van der Waals surface area (Å²) >= 11 is 0. The summed E-state index contributed by atoms with van der Waals surface area (Å²) in [4.78, 5) is 25.9. The minimum atomic E-state index is -0.0808. The number of hydrogen-bond acceptors (Lipinski definition) is 2. The molecule has 0 saturated carbocycles. The van der Waals surface area contributed by atoms with Crippen molar-refractivity contribution >= 4 is 17.6 Å². The molecular formula is C17H25N3O2. The third kappa shape index (κ3) is 4.23. The molecule has 3 amide bonds. The van der Waals surface area contributed by atoms with Gasteiger partial charge in [-0.05, 0) is 29.9 Å². The van der Waals surface area contributed by atoms with Crippen LogP contribution in [-0.2, 0) is 11.2 Å². The Hall–Kier alpha value is -2.04. The first kappa shape index (κ1) is 16.3. The molecule has 2 atom stereocenters. The summed E-state index contributed by atoms with van der Waals surface area (Å²) in [7, 11) is 1.61. The van der Waals surface area contributed by atoms with Gasteiger partial charge in [-0.25, -0.2) is 4.79 Å². The second-order valence-electron chi connectivity index (χ2n) is 6.29. The highest BCUT2D eigenvalue weighted by molar-refractivity contribution is 5.91. The number of rotatable bonds is 3. The lowest BCUT2D eigenvalue weighted by Gasteiger charge is -2.35. The molecule has 0 aromatic heterocycles. The lowest BCUT2D eigenvalue weighted by molar-refractivity contribution is -0.119. The summed E-state index contributed by atoms with van der Waals surface area (Å²) in [5, 5.41) is 5.56. The van der Waals surface area contributed by atoms with Gasteiger partial charge in [0, 0.05) is 25.8 Å². The van der Waals surface area contributed by atoms with Crippen LogP contribution in [0.15, 0.2) is 24.3 Å². The molecule has 1 saturated heterocycles. The van der Waals surface area contributed by atoms with Crippen molar-refractivity contribution < 1.29 is 9.59 Å². The van der Waals surface area contributed by atoms with Gasteiger partial charge < -0.3 is 15.5 Å². The molecular weight excluding hydrogens is 278 g/mol. The minimum Gasteiger partial charge on any atom is -0.359 e. The Labute approximate surface area is 132 Å². The van der Waals surface area contributed by atoms with E-state index in [9.17, 15) is 9.59 Å². The smallest absolute Gasteiger partial charge is 0.321 e. The molecule has 5 nitrogen and oxygen atoms in total. The van der Waals surface area contributed by atoms with E-state index in [1.165, 1.54) is 0 Å². The molecule has 0 radical (unpaired) electrons. The molecule has 2 rings (SSSR count). The highest BCUT2D eigenvalue weighted by atomic mass is 16.2. The van der Waals surface area contributed by atoms with Crippen LogP contribution in [0.2, 0.25) is 0 Å². The zero-order chi connectivity index (χ0) is 16.1. The van der Waals surface area contributed by atoms with Crippen LogP contribution in [0.4, 0.5) is 10.5 Å². The first-order valence-electron chi connectivity index (χ1n) is 7.84.